The van der Waals surface area contributed by atoms with Crippen LogP contribution in [-0.2, 0) is 6.61 Å². The predicted molar refractivity (Wildman–Crippen MR) is 88.9 cm³/mol. The predicted octanol–water partition coefficient (Wildman–Crippen LogP) is 3.67. The summed E-state index contributed by atoms with van der Waals surface area (Å²) < 4.78 is 10.6. The third kappa shape index (κ3) is 4.54. The molecule has 3 rings (SSSR count). The molecule has 0 spiro atoms. The maximum absolute atomic E-state index is 11.7. The van der Waals surface area contributed by atoms with Crippen LogP contribution in [0.1, 0.15) is 5.56 Å². The molecule has 0 fully saturated rings. The molecule has 0 aliphatic rings. The first kappa shape index (κ1) is 15.5. The first-order chi connectivity index (χ1) is 11.8. The highest BCUT2D eigenvalue weighted by Gasteiger charge is 2.06. The summed E-state index contributed by atoms with van der Waals surface area (Å²) in [6, 6.07) is 21.7. The Balaban J connectivity index is 1.51. The van der Waals surface area contributed by atoms with Gasteiger partial charge < -0.3 is 9.47 Å². The number of carbonyl (C=O) groups is 1. The van der Waals surface area contributed by atoms with Crippen LogP contribution in [0.2, 0.25) is 0 Å². The van der Waals surface area contributed by atoms with Crippen molar-refractivity contribution in [2.75, 3.05) is 5.32 Å². The van der Waals surface area contributed by atoms with Crippen LogP contribution >= 0.6 is 0 Å². The van der Waals surface area contributed by atoms with Gasteiger partial charge in [-0.25, -0.2) is 4.79 Å². The molecule has 0 aliphatic carbocycles. The number of hydrogen-bond donors (Lipinski definition) is 1. The van der Waals surface area contributed by atoms with Crippen molar-refractivity contribution in [3.63, 3.8) is 0 Å². The molecule has 3 aromatic rings. The molecule has 6 nitrogen and oxygen atoms in total. The number of nitrogens with one attached hydrogen (secondary N) is 1. The van der Waals surface area contributed by atoms with E-state index < -0.39 is 6.09 Å². The van der Waals surface area contributed by atoms with Gasteiger partial charge in [0.05, 0.1) is 0 Å². The molecule has 1 heterocycles. The molecule has 0 saturated carbocycles. The van der Waals surface area contributed by atoms with Crippen molar-refractivity contribution in [2.45, 2.75) is 6.61 Å². The summed E-state index contributed by atoms with van der Waals surface area (Å²) in [5.41, 5.74) is 1.04. The van der Waals surface area contributed by atoms with E-state index in [1.807, 2.05) is 36.4 Å². The van der Waals surface area contributed by atoms with Gasteiger partial charge in [-0.2, -0.15) is 0 Å². The molecule has 2 aromatic carbocycles. The van der Waals surface area contributed by atoms with E-state index in [1.165, 1.54) is 0 Å². The second-order valence-electron chi connectivity index (χ2n) is 4.86. The summed E-state index contributed by atoms with van der Waals surface area (Å²) in [6.07, 6.45) is -0.631. The number of hydrogen-bond acceptors (Lipinski definition) is 5. The quantitative estimate of drug-likeness (QED) is 0.776. The van der Waals surface area contributed by atoms with Crippen molar-refractivity contribution in [2.24, 2.45) is 0 Å². The molecule has 0 unspecified atom stereocenters. The van der Waals surface area contributed by atoms with Crippen molar-refractivity contribution >= 4 is 11.9 Å². The van der Waals surface area contributed by atoms with Crippen molar-refractivity contribution < 1.29 is 14.3 Å². The van der Waals surface area contributed by atoms with Crippen LogP contribution < -0.4 is 14.8 Å². The number of anilines is 1. The van der Waals surface area contributed by atoms with Gasteiger partial charge in [0.1, 0.15) is 12.4 Å². The van der Waals surface area contributed by atoms with Crippen molar-refractivity contribution in [3.05, 3.63) is 78.4 Å². The fraction of sp³-hybridized carbons (Fsp3) is 0.0556. The van der Waals surface area contributed by atoms with Crippen LogP contribution in [0.5, 0.6) is 11.6 Å². The third-order valence-electron chi connectivity index (χ3n) is 3.05. The van der Waals surface area contributed by atoms with Crippen molar-refractivity contribution in [3.8, 4) is 11.6 Å². The van der Waals surface area contributed by atoms with Crippen LogP contribution in [-0.4, -0.2) is 16.3 Å². The number of ether oxygens (including phenoxy) is 2. The Hall–Kier alpha value is -3.41. The maximum atomic E-state index is 11.7. The normalized spacial score (nSPS) is 10.0. The zero-order valence-corrected chi connectivity index (χ0v) is 12.8. The molecule has 0 aliphatic heterocycles. The number of benzene rings is 2. The van der Waals surface area contributed by atoms with Crippen molar-refractivity contribution in [1.82, 2.24) is 10.2 Å². The van der Waals surface area contributed by atoms with Gasteiger partial charge in [-0.1, -0.05) is 48.5 Å². The number of nitrogens with zero attached hydrogens (tertiary/aromatic N) is 2. The number of carbonyl (C=O) groups excluding carboxylic acids is 1. The highest BCUT2D eigenvalue weighted by atomic mass is 16.6. The Bertz CT molecular complexity index is 778. The van der Waals surface area contributed by atoms with E-state index in [2.05, 4.69) is 15.5 Å². The third-order valence-corrected chi connectivity index (χ3v) is 3.05. The lowest BCUT2D eigenvalue weighted by Crippen LogP contribution is -2.17. The molecule has 6 heteroatoms. The lowest BCUT2D eigenvalue weighted by molar-refractivity contribution is 0.215. The topological polar surface area (TPSA) is 73.3 Å². The molecule has 0 atom stereocenters. The van der Waals surface area contributed by atoms with Gasteiger partial charge in [0.15, 0.2) is 5.82 Å². The van der Waals surface area contributed by atoms with E-state index in [1.54, 1.807) is 36.4 Å². The number of amides is 1. The summed E-state index contributed by atoms with van der Waals surface area (Å²) in [7, 11) is 0. The lowest BCUT2D eigenvalue weighted by atomic mass is 10.2. The van der Waals surface area contributed by atoms with E-state index >= 15 is 0 Å². The largest absolute Gasteiger partial charge is 0.472 e. The zero-order valence-electron chi connectivity index (χ0n) is 12.8. The number of rotatable bonds is 5. The summed E-state index contributed by atoms with van der Waals surface area (Å²) in [5.74, 6) is 1.11. The van der Waals surface area contributed by atoms with Crippen LogP contribution in [0.3, 0.4) is 0 Å². The average molecular weight is 321 g/mol. The van der Waals surface area contributed by atoms with E-state index in [9.17, 15) is 4.79 Å². The van der Waals surface area contributed by atoms with Gasteiger partial charge in [-0.3, -0.25) is 5.32 Å². The Morgan fingerprint density at radius 1 is 0.875 bits per heavy atom. The highest BCUT2D eigenvalue weighted by Crippen LogP contribution is 2.12. The summed E-state index contributed by atoms with van der Waals surface area (Å²) in [4.78, 5) is 11.7. The summed E-state index contributed by atoms with van der Waals surface area (Å²) >= 11 is 0. The van der Waals surface area contributed by atoms with Gasteiger partial charge in [0.25, 0.3) is 0 Å². The van der Waals surface area contributed by atoms with Gasteiger partial charge in [-0.05, 0) is 23.8 Å². The minimum Gasteiger partial charge on any atom is -0.472 e. The Morgan fingerprint density at radius 2 is 1.58 bits per heavy atom. The average Bonchev–Trinajstić information content (AvgIpc) is 2.63. The maximum Gasteiger partial charge on any atom is 0.418 e. The lowest BCUT2D eigenvalue weighted by Gasteiger charge is -2.07. The van der Waals surface area contributed by atoms with Crippen LogP contribution in [0.25, 0.3) is 0 Å². The van der Waals surface area contributed by atoms with Gasteiger partial charge in [0.2, 0.25) is 5.88 Å². The molecule has 1 aromatic heterocycles. The first-order valence-electron chi connectivity index (χ1n) is 7.34. The summed E-state index contributed by atoms with van der Waals surface area (Å²) in [5, 5.41) is 10.3. The number of aromatic nitrogens is 2. The van der Waals surface area contributed by atoms with E-state index in [0.717, 1.165) is 5.56 Å². The van der Waals surface area contributed by atoms with Crippen LogP contribution in [0.4, 0.5) is 10.6 Å². The molecule has 0 saturated heterocycles. The Labute approximate surface area is 139 Å². The zero-order chi connectivity index (χ0) is 16.6. The SMILES string of the molecule is O=C(Nc1ccc(OCc2ccccc2)nn1)Oc1ccccc1. The molecular weight excluding hydrogens is 306 g/mol. The molecule has 0 bridgehead atoms. The number of para-hydroxylation sites is 1. The molecule has 0 radical (unpaired) electrons. The molecule has 1 N–H and O–H groups in total. The van der Waals surface area contributed by atoms with Crippen molar-refractivity contribution in [1.29, 1.82) is 0 Å². The van der Waals surface area contributed by atoms with Gasteiger partial charge in [0, 0.05) is 6.07 Å². The highest BCUT2D eigenvalue weighted by molar-refractivity contribution is 5.84. The Morgan fingerprint density at radius 3 is 2.25 bits per heavy atom. The first-order valence-corrected chi connectivity index (χ1v) is 7.34. The fourth-order valence-corrected chi connectivity index (χ4v) is 1.92. The molecule has 1 amide bonds. The van der Waals surface area contributed by atoms with E-state index in [0.29, 0.717) is 18.2 Å². The van der Waals surface area contributed by atoms with Gasteiger partial charge in [-0.15, -0.1) is 10.2 Å². The minimum absolute atomic E-state index is 0.281. The molecule has 24 heavy (non-hydrogen) atoms. The smallest absolute Gasteiger partial charge is 0.418 e. The second-order valence-corrected chi connectivity index (χ2v) is 4.86. The van der Waals surface area contributed by atoms with Crippen LogP contribution in [0, 0.1) is 0 Å². The van der Waals surface area contributed by atoms with Gasteiger partial charge >= 0.3 is 6.09 Å². The minimum atomic E-state index is -0.631. The Kier molecular flexibility index (Phi) is 4.99. The molecular formula is C18H15N3O3. The summed E-state index contributed by atoms with van der Waals surface area (Å²) in [6.45, 7) is 0.401. The standard InChI is InChI=1S/C18H15N3O3/c22-18(24-15-9-5-2-6-10-15)19-16-11-12-17(21-20-16)23-13-14-7-3-1-4-8-14/h1-12H,13H2,(H,19,20,22). The second kappa shape index (κ2) is 7.73. The fourth-order valence-electron chi connectivity index (χ4n) is 1.92. The molecule has 120 valence electrons. The van der Waals surface area contributed by atoms with E-state index in [-0.39, 0.29) is 5.82 Å². The monoisotopic (exact) mass is 321 g/mol. The van der Waals surface area contributed by atoms with Crippen LogP contribution in [0.15, 0.2) is 72.8 Å². The van der Waals surface area contributed by atoms with E-state index in [4.69, 9.17) is 9.47 Å².